The first-order chi connectivity index (χ1) is 10.1. The van der Waals surface area contributed by atoms with Gasteiger partial charge in [0.25, 0.3) is 0 Å². The average molecular weight is 293 g/mol. The van der Waals surface area contributed by atoms with Gasteiger partial charge in [-0.2, -0.15) is 0 Å². The predicted molar refractivity (Wildman–Crippen MR) is 92.1 cm³/mol. The van der Waals surface area contributed by atoms with Crippen molar-refractivity contribution in [3.63, 3.8) is 0 Å². The normalized spacial score (nSPS) is 10.5. The Labute approximate surface area is 129 Å². The molecule has 0 spiro atoms. The molecule has 0 aliphatic heterocycles. The second kappa shape index (κ2) is 5.50. The predicted octanol–water partition coefficient (Wildman–Crippen LogP) is 3.64. The highest BCUT2D eigenvalue weighted by molar-refractivity contribution is 7.80. The molecule has 0 bridgehead atoms. The Morgan fingerprint density at radius 1 is 1.05 bits per heavy atom. The molecule has 4 heteroatoms. The van der Waals surface area contributed by atoms with E-state index in [-0.39, 0.29) is 0 Å². The highest BCUT2D eigenvalue weighted by Gasteiger charge is 2.07. The van der Waals surface area contributed by atoms with Crippen molar-refractivity contribution < 1.29 is 0 Å². The molecule has 0 radical (unpaired) electrons. The van der Waals surface area contributed by atoms with Crippen molar-refractivity contribution >= 4 is 39.6 Å². The number of aromatic nitrogens is 1. The summed E-state index contributed by atoms with van der Waals surface area (Å²) in [5.74, 6) is 0.883. The van der Waals surface area contributed by atoms with Crippen molar-refractivity contribution in [2.24, 2.45) is 5.73 Å². The van der Waals surface area contributed by atoms with Gasteiger partial charge in [-0.05, 0) is 30.3 Å². The lowest BCUT2D eigenvalue weighted by Gasteiger charge is -2.19. The topological polar surface area (TPSA) is 42.1 Å². The second-order valence-corrected chi connectivity index (χ2v) is 5.28. The lowest BCUT2D eigenvalue weighted by atomic mass is 10.2. The molecule has 0 unspecified atom stereocenters. The van der Waals surface area contributed by atoms with Crippen molar-refractivity contribution in [2.75, 3.05) is 11.9 Å². The quantitative estimate of drug-likeness (QED) is 0.749. The number of pyridine rings is 1. The van der Waals surface area contributed by atoms with E-state index in [1.54, 1.807) is 0 Å². The molecule has 0 fully saturated rings. The third kappa shape index (κ3) is 2.71. The highest BCUT2D eigenvalue weighted by atomic mass is 32.1. The van der Waals surface area contributed by atoms with Crippen LogP contribution in [0.3, 0.4) is 0 Å². The third-order valence-electron chi connectivity index (χ3n) is 3.45. The fourth-order valence-electron chi connectivity index (χ4n) is 2.24. The Balaban J connectivity index is 2.01. The molecule has 2 N–H and O–H groups in total. The number of hydrogen-bond donors (Lipinski definition) is 1. The summed E-state index contributed by atoms with van der Waals surface area (Å²) in [6, 6.07) is 20.0. The summed E-state index contributed by atoms with van der Waals surface area (Å²) in [5.41, 5.74) is 8.53. The smallest absolute Gasteiger partial charge is 0.133 e. The molecule has 0 saturated carbocycles. The first kappa shape index (κ1) is 13.5. The van der Waals surface area contributed by atoms with Crippen LogP contribution in [-0.4, -0.2) is 17.0 Å². The zero-order chi connectivity index (χ0) is 14.8. The van der Waals surface area contributed by atoms with Crippen LogP contribution in [0.2, 0.25) is 0 Å². The van der Waals surface area contributed by atoms with Crippen LogP contribution >= 0.6 is 12.2 Å². The van der Waals surface area contributed by atoms with Gasteiger partial charge in [0.15, 0.2) is 0 Å². The van der Waals surface area contributed by atoms with Crippen molar-refractivity contribution in [1.29, 1.82) is 0 Å². The maximum Gasteiger partial charge on any atom is 0.133 e. The van der Waals surface area contributed by atoms with Crippen LogP contribution in [-0.2, 0) is 0 Å². The van der Waals surface area contributed by atoms with E-state index < -0.39 is 0 Å². The number of rotatable bonds is 3. The van der Waals surface area contributed by atoms with Crippen LogP contribution in [0.5, 0.6) is 0 Å². The van der Waals surface area contributed by atoms with E-state index in [0.29, 0.717) is 4.99 Å². The van der Waals surface area contributed by atoms with Crippen LogP contribution in [0, 0.1) is 0 Å². The summed E-state index contributed by atoms with van der Waals surface area (Å²) in [6.45, 7) is 0. The van der Waals surface area contributed by atoms with Gasteiger partial charge >= 0.3 is 0 Å². The molecular formula is C17H15N3S. The Morgan fingerprint density at radius 3 is 2.67 bits per heavy atom. The number of nitrogens with zero attached hydrogens (tertiary/aromatic N) is 2. The molecule has 1 heterocycles. The number of benzene rings is 2. The van der Waals surface area contributed by atoms with E-state index in [1.165, 1.54) is 0 Å². The number of fused-ring (bicyclic) bond motifs is 1. The van der Waals surface area contributed by atoms with Gasteiger partial charge in [0.05, 0.1) is 5.52 Å². The average Bonchev–Trinajstić information content (AvgIpc) is 2.53. The van der Waals surface area contributed by atoms with Crippen LogP contribution in [0.4, 0.5) is 11.5 Å². The monoisotopic (exact) mass is 293 g/mol. The molecule has 3 nitrogen and oxygen atoms in total. The van der Waals surface area contributed by atoms with E-state index >= 15 is 0 Å². The number of para-hydroxylation sites is 1. The van der Waals surface area contributed by atoms with Crippen LogP contribution in [0.1, 0.15) is 5.56 Å². The Bertz CT molecular complexity index is 814. The summed E-state index contributed by atoms with van der Waals surface area (Å²) in [5, 5.41) is 1.13. The Kier molecular flexibility index (Phi) is 3.54. The SMILES string of the molecule is CN(c1cccc(C(N)=S)c1)c1ccc2ccccc2n1. The molecule has 104 valence electrons. The van der Waals surface area contributed by atoms with Crippen LogP contribution < -0.4 is 10.6 Å². The standard InChI is InChI=1S/C17H15N3S/c1-20(14-7-4-6-13(11-14)17(18)21)16-10-9-12-5-2-3-8-15(12)19-16/h2-11H,1H3,(H2,18,21). The second-order valence-electron chi connectivity index (χ2n) is 4.84. The van der Waals surface area contributed by atoms with Crippen LogP contribution in [0.25, 0.3) is 10.9 Å². The maximum atomic E-state index is 5.69. The minimum atomic E-state index is 0.400. The third-order valence-corrected chi connectivity index (χ3v) is 3.68. The molecule has 3 rings (SSSR count). The number of anilines is 2. The molecule has 0 atom stereocenters. The molecule has 0 aliphatic rings. The molecule has 0 aliphatic carbocycles. The fraction of sp³-hybridized carbons (Fsp3) is 0.0588. The van der Waals surface area contributed by atoms with Gasteiger partial charge < -0.3 is 10.6 Å². The lowest BCUT2D eigenvalue weighted by molar-refractivity contribution is 1.15. The Hall–Kier alpha value is -2.46. The number of nitrogens with two attached hydrogens (primary N) is 1. The van der Waals surface area contributed by atoms with Crippen LogP contribution in [0.15, 0.2) is 60.7 Å². The van der Waals surface area contributed by atoms with E-state index in [0.717, 1.165) is 28.0 Å². The van der Waals surface area contributed by atoms with Gasteiger partial charge in [0.2, 0.25) is 0 Å². The van der Waals surface area contributed by atoms with E-state index in [1.807, 2.05) is 60.5 Å². The van der Waals surface area contributed by atoms with Gasteiger partial charge in [0.1, 0.15) is 10.8 Å². The largest absolute Gasteiger partial charge is 0.389 e. The summed E-state index contributed by atoms with van der Waals surface area (Å²) in [7, 11) is 1.98. The van der Waals surface area contributed by atoms with Crippen molar-refractivity contribution in [1.82, 2.24) is 4.98 Å². The lowest BCUT2D eigenvalue weighted by Crippen LogP contribution is -2.14. The summed E-state index contributed by atoms with van der Waals surface area (Å²) >= 11 is 5.03. The zero-order valence-corrected chi connectivity index (χ0v) is 12.5. The summed E-state index contributed by atoms with van der Waals surface area (Å²) in [4.78, 5) is 7.11. The number of thiocarbonyl (C=S) groups is 1. The van der Waals surface area contributed by atoms with E-state index in [4.69, 9.17) is 18.0 Å². The summed E-state index contributed by atoms with van der Waals surface area (Å²) in [6.07, 6.45) is 0. The molecule has 2 aromatic carbocycles. The molecule has 0 saturated heterocycles. The maximum absolute atomic E-state index is 5.69. The highest BCUT2D eigenvalue weighted by Crippen LogP contribution is 2.24. The molecule has 3 aromatic rings. The van der Waals surface area contributed by atoms with Crippen molar-refractivity contribution in [3.05, 3.63) is 66.2 Å². The van der Waals surface area contributed by atoms with Gasteiger partial charge in [-0.3, -0.25) is 0 Å². The fourth-order valence-corrected chi connectivity index (χ4v) is 2.37. The van der Waals surface area contributed by atoms with Gasteiger partial charge in [0, 0.05) is 23.7 Å². The summed E-state index contributed by atoms with van der Waals surface area (Å²) < 4.78 is 0. The first-order valence-corrected chi connectivity index (χ1v) is 7.05. The van der Waals surface area contributed by atoms with Gasteiger partial charge in [-0.15, -0.1) is 0 Å². The number of hydrogen-bond acceptors (Lipinski definition) is 3. The minimum Gasteiger partial charge on any atom is -0.389 e. The van der Waals surface area contributed by atoms with Crippen molar-refractivity contribution in [2.45, 2.75) is 0 Å². The molecule has 1 aromatic heterocycles. The zero-order valence-electron chi connectivity index (χ0n) is 11.7. The van der Waals surface area contributed by atoms with E-state index in [2.05, 4.69) is 17.1 Å². The Morgan fingerprint density at radius 2 is 1.86 bits per heavy atom. The van der Waals surface area contributed by atoms with E-state index in [9.17, 15) is 0 Å². The molecule has 21 heavy (non-hydrogen) atoms. The molecule has 0 amide bonds. The van der Waals surface area contributed by atoms with Gasteiger partial charge in [-0.1, -0.05) is 42.5 Å². The first-order valence-electron chi connectivity index (χ1n) is 6.64. The van der Waals surface area contributed by atoms with Crippen molar-refractivity contribution in [3.8, 4) is 0 Å². The molecular weight excluding hydrogens is 278 g/mol. The van der Waals surface area contributed by atoms with Gasteiger partial charge in [-0.25, -0.2) is 4.98 Å². The minimum absolute atomic E-state index is 0.400.